The molecule has 0 nitrogen and oxygen atoms in total. The zero-order chi connectivity index (χ0) is 18.7. The molecular formula is C26H30. The summed E-state index contributed by atoms with van der Waals surface area (Å²) in [6.07, 6.45) is 8.86. The molecule has 2 aromatic rings. The molecule has 134 valence electrons. The van der Waals surface area contributed by atoms with E-state index in [0.717, 1.165) is 12.8 Å². The van der Waals surface area contributed by atoms with Gasteiger partial charge < -0.3 is 0 Å². The first-order valence-electron chi connectivity index (χ1n) is 9.82. The van der Waals surface area contributed by atoms with Crippen molar-refractivity contribution in [1.29, 1.82) is 0 Å². The highest BCUT2D eigenvalue weighted by molar-refractivity contribution is 5.84. The first kappa shape index (κ1) is 17.3. The van der Waals surface area contributed by atoms with E-state index < -0.39 is 0 Å². The molecule has 0 aliphatic heterocycles. The van der Waals surface area contributed by atoms with Crippen LogP contribution in [0, 0.1) is 0 Å². The van der Waals surface area contributed by atoms with E-state index in [-0.39, 0.29) is 10.8 Å². The fourth-order valence-electron chi connectivity index (χ4n) is 4.25. The predicted molar refractivity (Wildman–Crippen MR) is 114 cm³/mol. The summed E-state index contributed by atoms with van der Waals surface area (Å²) < 4.78 is 0. The molecule has 0 bridgehead atoms. The van der Waals surface area contributed by atoms with E-state index in [1.165, 1.54) is 44.5 Å². The van der Waals surface area contributed by atoms with E-state index in [4.69, 9.17) is 0 Å². The summed E-state index contributed by atoms with van der Waals surface area (Å²) >= 11 is 0. The van der Waals surface area contributed by atoms with Gasteiger partial charge in [-0.25, -0.2) is 0 Å². The smallest absolute Gasteiger partial charge is 0.00132 e. The second-order valence-electron chi connectivity index (χ2n) is 9.93. The van der Waals surface area contributed by atoms with Crippen molar-refractivity contribution in [1.82, 2.24) is 0 Å². The minimum absolute atomic E-state index is 0.152. The summed E-state index contributed by atoms with van der Waals surface area (Å²) in [5.41, 5.74) is 12.0. The highest BCUT2D eigenvalue weighted by Gasteiger charge is 2.27. The van der Waals surface area contributed by atoms with Gasteiger partial charge in [0.25, 0.3) is 0 Å². The average molecular weight is 343 g/mol. The van der Waals surface area contributed by atoms with Gasteiger partial charge in [0.05, 0.1) is 0 Å². The van der Waals surface area contributed by atoms with Gasteiger partial charge in [-0.15, -0.1) is 0 Å². The molecule has 0 atom stereocenters. The largest absolute Gasteiger partial charge is 0.0801 e. The fraction of sp³-hybridized carbons (Fsp3) is 0.385. The lowest BCUT2D eigenvalue weighted by atomic mass is 9.79. The van der Waals surface area contributed by atoms with Crippen LogP contribution in [0.25, 0.3) is 16.7 Å². The third-order valence-electron chi connectivity index (χ3n) is 5.81. The molecule has 0 N–H and O–H groups in total. The molecule has 2 aliphatic rings. The van der Waals surface area contributed by atoms with Crippen molar-refractivity contribution < 1.29 is 0 Å². The molecule has 4 rings (SSSR count). The minimum Gasteiger partial charge on any atom is -0.0801 e. The number of benzene rings is 2. The Bertz CT molecular complexity index is 937. The summed E-state index contributed by atoms with van der Waals surface area (Å²) in [5.74, 6) is 0. The molecule has 0 unspecified atom stereocenters. The molecule has 2 aliphatic carbocycles. The Morgan fingerprint density at radius 2 is 1.46 bits per heavy atom. The van der Waals surface area contributed by atoms with Gasteiger partial charge >= 0.3 is 0 Å². The summed E-state index contributed by atoms with van der Waals surface area (Å²) in [5, 5.41) is 0. The molecule has 0 amide bonds. The van der Waals surface area contributed by atoms with Crippen LogP contribution in [0.3, 0.4) is 0 Å². The fourth-order valence-corrected chi connectivity index (χ4v) is 4.25. The van der Waals surface area contributed by atoms with E-state index in [0.29, 0.717) is 0 Å². The third-order valence-corrected chi connectivity index (χ3v) is 5.81. The van der Waals surface area contributed by atoms with E-state index in [9.17, 15) is 0 Å². The predicted octanol–water partition coefficient (Wildman–Crippen LogP) is 7.20. The number of hydrogen-bond donors (Lipinski definition) is 0. The van der Waals surface area contributed by atoms with Gasteiger partial charge in [-0.3, -0.25) is 0 Å². The molecule has 2 aromatic carbocycles. The standard InChI is InChI=1S/C26H30/c1-25(2,3)20-11-12-21-18(14-20)13-19-15-24(26(4,5)6)23(16-22(19)21)17-9-7-8-10-17/h7-9,11-12,14-16H,10,13H2,1-6H3. The highest BCUT2D eigenvalue weighted by Crippen LogP contribution is 2.44. The van der Waals surface area contributed by atoms with Gasteiger partial charge in [-0.1, -0.05) is 84.0 Å². The van der Waals surface area contributed by atoms with Crippen LogP contribution in [-0.4, -0.2) is 0 Å². The Hall–Kier alpha value is -2.08. The SMILES string of the molecule is CC(C)(C)c1ccc2c(c1)Cc1cc(C(C)(C)C)c(C3=CC=CC3)cc1-2. The van der Waals surface area contributed by atoms with E-state index in [2.05, 4.69) is 90.1 Å². The minimum atomic E-state index is 0.152. The molecule has 0 aromatic heterocycles. The Kier molecular flexibility index (Phi) is 3.81. The Balaban J connectivity index is 1.87. The van der Waals surface area contributed by atoms with Crippen LogP contribution < -0.4 is 0 Å². The summed E-state index contributed by atoms with van der Waals surface area (Å²) in [4.78, 5) is 0. The van der Waals surface area contributed by atoms with Gasteiger partial charge in [-0.05, 0) is 74.3 Å². The normalized spacial score (nSPS) is 15.8. The number of allylic oxidation sites excluding steroid dienone is 4. The molecule has 0 fully saturated rings. The van der Waals surface area contributed by atoms with Crippen LogP contribution in [0.2, 0.25) is 0 Å². The highest BCUT2D eigenvalue weighted by atomic mass is 14.3. The van der Waals surface area contributed by atoms with Gasteiger partial charge in [0.1, 0.15) is 0 Å². The Morgan fingerprint density at radius 1 is 0.731 bits per heavy atom. The second-order valence-corrected chi connectivity index (χ2v) is 9.93. The Labute approximate surface area is 158 Å². The molecule has 0 heterocycles. The van der Waals surface area contributed by atoms with Crippen LogP contribution >= 0.6 is 0 Å². The van der Waals surface area contributed by atoms with Crippen molar-refractivity contribution >= 4 is 5.57 Å². The number of rotatable bonds is 1. The number of fused-ring (bicyclic) bond motifs is 3. The molecule has 0 radical (unpaired) electrons. The van der Waals surface area contributed by atoms with E-state index in [1.54, 1.807) is 0 Å². The maximum atomic E-state index is 2.49. The molecule has 0 heteroatoms. The third kappa shape index (κ3) is 2.86. The van der Waals surface area contributed by atoms with Gasteiger partial charge in [-0.2, -0.15) is 0 Å². The first-order valence-corrected chi connectivity index (χ1v) is 9.82. The van der Waals surface area contributed by atoms with Crippen molar-refractivity contribution in [3.05, 3.63) is 76.4 Å². The molecule has 0 saturated carbocycles. The van der Waals surface area contributed by atoms with Gasteiger partial charge in [0, 0.05) is 0 Å². The van der Waals surface area contributed by atoms with Crippen molar-refractivity contribution in [3.63, 3.8) is 0 Å². The average Bonchev–Trinajstić information content (AvgIpc) is 3.18. The second kappa shape index (κ2) is 5.71. The Morgan fingerprint density at radius 3 is 2.08 bits per heavy atom. The summed E-state index contributed by atoms with van der Waals surface area (Å²) in [7, 11) is 0. The van der Waals surface area contributed by atoms with Crippen molar-refractivity contribution in [3.8, 4) is 11.1 Å². The van der Waals surface area contributed by atoms with Gasteiger partial charge in [0.15, 0.2) is 0 Å². The van der Waals surface area contributed by atoms with E-state index in [1.807, 2.05) is 0 Å². The van der Waals surface area contributed by atoms with Crippen LogP contribution in [0.4, 0.5) is 0 Å². The summed E-state index contributed by atoms with van der Waals surface area (Å²) in [6, 6.07) is 12.1. The molecular weight excluding hydrogens is 312 g/mol. The first-order chi connectivity index (χ1) is 12.1. The van der Waals surface area contributed by atoms with Crippen molar-refractivity contribution in [2.75, 3.05) is 0 Å². The van der Waals surface area contributed by atoms with E-state index >= 15 is 0 Å². The van der Waals surface area contributed by atoms with Crippen LogP contribution in [-0.2, 0) is 17.3 Å². The van der Waals surface area contributed by atoms with Gasteiger partial charge in [0.2, 0.25) is 0 Å². The lowest BCUT2D eigenvalue weighted by molar-refractivity contribution is 0.588. The zero-order valence-electron chi connectivity index (χ0n) is 17.0. The van der Waals surface area contributed by atoms with Crippen LogP contribution in [0.15, 0.2) is 48.6 Å². The van der Waals surface area contributed by atoms with Crippen molar-refractivity contribution in [2.45, 2.75) is 65.2 Å². The maximum Gasteiger partial charge on any atom is -0.00132 e. The number of hydrogen-bond acceptors (Lipinski definition) is 0. The monoisotopic (exact) mass is 342 g/mol. The van der Waals surface area contributed by atoms with Crippen LogP contribution in [0.5, 0.6) is 0 Å². The maximum absolute atomic E-state index is 2.49. The molecule has 0 spiro atoms. The lowest BCUT2D eigenvalue weighted by Crippen LogP contribution is -2.14. The lowest BCUT2D eigenvalue weighted by Gasteiger charge is -2.25. The van der Waals surface area contributed by atoms with Crippen LogP contribution in [0.1, 0.15) is 75.8 Å². The zero-order valence-corrected chi connectivity index (χ0v) is 17.0. The van der Waals surface area contributed by atoms with Crippen molar-refractivity contribution in [2.24, 2.45) is 0 Å². The topological polar surface area (TPSA) is 0 Å². The molecule has 26 heavy (non-hydrogen) atoms. The quantitative estimate of drug-likeness (QED) is 0.439. The molecule has 0 saturated heterocycles. The summed E-state index contributed by atoms with van der Waals surface area (Å²) in [6.45, 7) is 13.9.